The molecule has 1 N–H and O–H groups in total. The number of amides is 1. The van der Waals surface area contributed by atoms with Crippen LogP contribution < -0.4 is 5.32 Å². The first-order valence-electron chi connectivity index (χ1n) is 8.54. The van der Waals surface area contributed by atoms with Crippen molar-refractivity contribution in [3.05, 3.63) is 106 Å². The molecule has 0 bridgehead atoms. The maximum atomic E-state index is 12.9. The molecule has 0 fully saturated rings. The largest absolute Gasteiger partial charge is 0.341 e. The number of rotatable bonds is 4. The Balaban J connectivity index is 1.98. The molecule has 1 atom stereocenters. The fourth-order valence-electron chi connectivity index (χ4n) is 3.04. The summed E-state index contributed by atoms with van der Waals surface area (Å²) in [5, 5.41) is 3.22. The van der Waals surface area contributed by atoms with E-state index in [0.29, 0.717) is 0 Å². The van der Waals surface area contributed by atoms with Crippen molar-refractivity contribution in [1.29, 1.82) is 0 Å². The standard InChI is InChI=1S/C23H23NO/c1-16-8-7-11-20(14-16)22(19-9-5-4-6-10-19)24-23(25)21-15-17(2)12-13-18(21)3/h4-15,22H,1-3H3,(H,24,25)/t22-/m0/s1. The van der Waals surface area contributed by atoms with Crippen LogP contribution in [0, 0.1) is 20.8 Å². The monoisotopic (exact) mass is 329 g/mol. The third kappa shape index (κ3) is 3.97. The minimum atomic E-state index is -0.173. The lowest BCUT2D eigenvalue weighted by atomic mass is 9.96. The highest BCUT2D eigenvalue weighted by Crippen LogP contribution is 2.24. The first kappa shape index (κ1) is 17.0. The van der Waals surface area contributed by atoms with Crippen LogP contribution >= 0.6 is 0 Å². The summed E-state index contributed by atoms with van der Waals surface area (Å²) >= 11 is 0. The molecular weight excluding hydrogens is 306 g/mol. The smallest absolute Gasteiger partial charge is 0.252 e. The van der Waals surface area contributed by atoms with E-state index < -0.39 is 0 Å². The van der Waals surface area contributed by atoms with Crippen molar-refractivity contribution < 1.29 is 4.79 Å². The Kier molecular flexibility index (Phi) is 4.99. The van der Waals surface area contributed by atoms with Crippen LogP contribution in [-0.2, 0) is 0 Å². The molecule has 3 aromatic carbocycles. The first-order valence-corrected chi connectivity index (χ1v) is 8.54. The van der Waals surface area contributed by atoms with Gasteiger partial charge in [-0.05, 0) is 43.5 Å². The SMILES string of the molecule is Cc1cccc([C@@H](NC(=O)c2cc(C)ccc2C)c2ccccc2)c1. The molecule has 0 aliphatic rings. The van der Waals surface area contributed by atoms with Crippen molar-refractivity contribution in [2.75, 3.05) is 0 Å². The number of nitrogens with one attached hydrogen (secondary N) is 1. The molecule has 3 aromatic rings. The van der Waals surface area contributed by atoms with E-state index >= 15 is 0 Å². The van der Waals surface area contributed by atoms with Gasteiger partial charge in [0.1, 0.15) is 0 Å². The van der Waals surface area contributed by atoms with E-state index in [4.69, 9.17) is 0 Å². The minimum absolute atomic E-state index is 0.0449. The summed E-state index contributed by atoms with van der Waals surface area (Å²) in [6.45, 7) is 6.04. The predicted molar refractivity (Wildman–Crippen MR) is 103 cm³/mol. The molecule has 1 amide bonds. The maximum absolute atomic E-state index is 12.9. The van der Waals surface area contributed by atoms with Crippen LogP contribution in [0.5, 0.6) is 0 Å². The second-order valence-corrected chi connectivity index (χ2v) is 6.55. The highest BCUT2D eigenvalue weighted by Gasteiger charge is 2.19. The predicted octanol–water partition coefficient (Wildman–Crippen LogP) is 5.13. The van der Waals surface area contributed by atoms with Crippen molar-refractivity contribution >= 4 is 5.91 Å². The van der Waals surface area contributed by atoms with Crippen LogP contribution in [0.1, 0.15) is 44.2 Å². The summed E-state index contributed by atoms with van der Waals surface area (Å²) in [4.78, 5) is 12.9. The van der Waals surface area contributed by atoms with Crippen LogP contribution in [0.3, 0.4) is 0 Å². The van der Waals surface area contributed by atoms with Crippen molar-refractivity contribution in [1.82, 2.24) is 5.32 Å². The van der Waals surface area contributed by atoms with Crippen LogP contribution in [0.15, 0.2) is 72.8 Å². The number of carbonyl (C=O) groups is 1. The lowest BCUT2D eigenvalue weighted by molar-refractivity contribution is 0.0942. The fourth-order valence-corrected chi connectivity index (χ4v) is 3.04. The Morgan fingerprint density at radius 1 is 0.760 bits per heavy atom. The van der Waals surface area contributed by atoms with Crippen molar-refractivity contribution in [2.24, 2.45) is 0 Å². The number of aryl methyl sites for hydroxylation is 3. The molecule has 0 spiro atoms. The third-order valence-corrected chi connectivity index (χ3v) is 4.42. The van der Waals surface area contributed by atoms with E-state index in [-0.39, 0.29) is 11.9 Å². The zero-order chi connectivity index (χ0) is 17.8. The van der Waals surface area contributed by atoms with Gasteiger partial charge < -0.3 is 5.32 Å². The number of hydrogen-bond donors (Lipinski definition) is 1. The Hall–Kier alpha value is -2.87. The summed E-state index contributed by atoms with van der Waals surface area (Å²) in [5.74, 6) is -0.0449. The van der Waals surface area contributed by atoms with E-state index in [1.165, 1.54) is 5.56 Å². The summed E-state index contributed by atoms with van der Waals surface area (Å²) in [7, 11) is 0. The number of carbonyl (C=O) groups excluding carboxylic acids is 1. The Labute approximate surface area is 149 Å². The van der Waals surface area contributed by atoms with Crippen LogP contribution in [0.25, 0.3) is 0 Å². The lowest BCUT2D eigenvalue weighted by Crippen LogP contribution is -2.30. The molecule has 0 aromatic heterocycles. The molecule has 126 valence electrons. The third-order valence-electron chi connectivity index (χ3n) is 4.42. The highest BCUT2D eigenvalue weighted by molar-refractivity contribution is 5.96. The van der Waals surface area contributed by atoms with Gasteiger partial charge in [0, 0.05) is 5.56 Å². The molecule has 0 saturated heterocycles. The van der Waals surface area contributed by atoms with Gasteiger partial charge in [0.05, 0.1) is 6.04 Å². The molecule has 0 heterocycles. The summed E-state index contributed by atoms with van der Waals surface area (Å²) in [6, 6.07) is 24.2. The molecule has 3 rings (SSSR count). The van der Waals surface area contributed by atoms with Gasteiger partial charge in [0.15, 0.2) is 0 Å². The number of hydrogen-bond acceptors (Lipinski definition) is 1. The quantitative estimate of drug-likeness (QED) is 0.706. The van der Waals surface area contributed by atoms with Gasteiger partial charge >= 0.3 is 0 Å². The Morgan fingerprint density at radius 2 is 1.44 bits per heavy atom. The van der Waals surface area contributed by atoms with Gasteiger partial charge in [-0.15, -0.1) is 0 Å². The fraction of sp³-hybridized carbons (Fsp3) is 0.174. The molecular formula is C23H23NO. The molecule has 0 aliphatic heterocycles. The van der Waals surface area contributed by atoms with Gasteiger partial charge in [-0.2, -0.15) is 0 Å². The van der Waals surface area contributed by atoms with E-state index in [2.05, 4.69) is 42.6 Å². The maximum Gasteiger partial charge on any atom is 0.252 e. The molecule has 2 heteroatoms. The van der Waals surface area contributed by atoms with Crippen LogP contribution in [0.4, 0.5) is 0 Å². The van der Waals surface area contributed by atoms with E-state index in [9.17, 15) is 4.79 Å². The van der Waals surface area contributed by atoms with Crippen molar-refractivity contribution in [3.8, 4) is 0 Å². The second-order valence-electron chi connectivity index (χ2n) is 6.55. The van der Waals surface area contributed by atoms with Crippen molar-refractivity contribution in [2.45, 2.75) is 26.8 Å². The van der Waals surface area contributed by atoms with Gasteiger partial charge in [-0.25, -0.2) is 0 Å². The molecule has 2 nitrogen and oxygen atoms in total. The minimum Gasteiger partial charge on any atom is -0.341 e. The highest BCUT2D eigenvalue weighted by atomic mass is 16.1. The van der Waals surface area contributed by atoms with Gasteiger partial charge in [-0.3, -0.25) is 4.79 Å². The zero-order valence-electron chi connectivity index (χ0n) is 14.9. The van der Waals surface area contributed by atoms with Crippen LogP contribution in [0.2, 0.25) is 0 Å². The lowest BCUT2D eigenvalue weighted by Gasteiger charge is -2.21. The summed E-state index contributed by atoms with van der Waals surface area (Å²) in [6.07, 6.45) is 0. The first-order chi connectivity index (χ1) is 12.0. The van der Waals surface area contributed by atoms with E-state index in [0.717, 1.165) is 27.8 Å². The van der Waals surface area contributed by atoms with Crippen molar-refractivity contribution in [3.63, 3.8) is 0 Å². The summed E-state index contributed by atoms with van der Waals surface area (Å²) in [5.41, 5.74) is 6.14. The molecule has 0 radical (unpaired) electrons. The van der Waals surface area contributed by atoms with Crippen LogP contribution in [-0.4, -0.2) is 5.91 Å². The average Bonchev–Trinajstić information content (AvgIpc) is 2.62. The normalized spacial score (nSPS) is 11.8. The molecule has 0 aliphatic carbocycles. The van der Waals surface area contributed by atoms with Gasteiger partial charge in [0.2, 0.25) is 0 Å². The van der Waals surface area contributed by atoms with E-state index in [1.54, 1.807) is 0 Å². The Morgan fingerprint density at radius 3 is 2.16 bits per heavy atom. The van der Waals surface area contributed by atoms with Gasteiger partial charge in [0.25, 0.3) is 5.91 Å². The molecule has 25 heavy (non-hydrogen) atoms. The Bertz CT molecular complexity index is 884. The molecule has 0 saturated carbocycles. The van der Waals surface area contributed by atoms with Gasteiger partial charge in [-0.1, -0.05) is 77.9 Å². The molecule has 0 unspecified atom stereocenters. The second kappa shape index (κ2) is 7.35. The van der Waals surface area contributed by atoms with E-state index in [1.807, 2.05) is 56.3 Å². The average molecular weight is 329 g/mol. The zero-order valence-corrected chi connectivity index (χ0v) is 14.9. The number of benzene rings is 3. The topological polar surface area (TPSA) is 29.1 Å². The summed E-state index contributed by atoms with van der Waals surface area (Å²) < 4.78 is 0.